The maximum atomic E-state index is 9.96. The fourth-order valence-corrected chi connectivity index (χ4v) is 13.6. The van der Waals surface area contributed by atoms with Crippen LogP contribution in [0.25, 0.3) is 0 Å². The molecule has 6 heteroatoms. The monoisotopic (exact) mass is 768 g/mol. The third kappa shape index (κ3) is 11.3. The zero-order valence-corrected chi connectivity index (χ0v) is 34.3. The van der Waals surface area contributed by atoms with Crippen LogP contribution in [0.1, 0.15) is 146 Å². The van der Waals surface area contributed by atoms with Crippen molar-refractivity contribution in [3.63, 3.8) is 0 Å². The summed E-state index contributed by atoms with van der Waals surface area (Å²) < 4.78 is 7.39. The smallest absolute Gasteiger partial charge is 0.0879 e. The van der Waals surface area contributed by atoms with Crippen molar-refractivity contribution in [1.82, 2.24) is 0 Å². The Morgan fingerprint density at radius 1 is 1.00 bits per heavy atom. The Morgan fingerprint density at radius 3 is 2.32 bits per heavy atom. The van der Waals surface area contributed by atoms with Crippen molar-refractivity contribution >= 4 is 11.4 Å². The standard InChI is InChI=1S/C41H75IN3O2/c1-11-33(12-2)39-40(34-20-14-13-15-21-34)44-32(8)36(45-39)26-28(4)27(3)25-29(5)31(7)38(35-22-16-17-24-42-35)41(9,43)30(6)19-18-23-37(46)47-10/h14,20,27-38,46H,11-13,15-19,21-26,43H2,1-10H3/q-1/t27?,28?,29?,30-,31+,32-,34?,35?,36+,37?,38?,41-/m0/s1. The second-order valence-electron chi connectivity index (χ2n) is 16.3. The van der Waals surface area contributed by atoms with Crippen molar-refractivity contribution in [2.75, 3.05) is 11.5 Å². The SMILES string of the molecule is CCC(CC)C1=N[C@H](CC(C)C(C)CC(C)[C@@H](C)C(C2CCCC[I-]2)[C@@](C)(N)[C@@H](C)CCCC(O)OC)[C@H](C)N=C1C1C=CCCC1. The molecule has 12 atom stereocenters. The van der Waals surface area contributed by atoms with Gasteiger partial charge in [0.15, 0.2) is 0 Å². The van der Waals surface area contributed by atoms with E-state index in [0.29, 0.717) is 53.8 Å². The van der Waals surface area contributed by atoms with E-state index in [1.54, 1.807) is 7.11 Å². The van der Waals surface area contributed by atoms with E-state index in [1.807, 2.05) is 0 Å². The second kappa shape index (κ2) is 19.9. The Kier molecular flexibility index (Phi) is 17.4. The number of nitrogens with zero attached hydrogens (tertiary/aromatic N) is 2. The van der Waals surface area contributed by atoms with E-state index in [2.05, 4.69) is 74.5 Å². The molecule has 1 aliphatic carbocycles. The summed E-state index contributed by atoms with van der Waals surface area (Å²) in [4.78, 5) is 11.0. The molecule has 0 bridgehead atoms. The number of alkyl halides is 2. The van der Waals surface area contributed by atoms with Gasteiger partial charge in [0.05, 0.1) is 0 Å². The summed E-state index contributed by atoms with van der Waals surface area (Å²) in [6.45, 7) is 21.8. The third-order valence-electron chi connectivity index (χ3n) is 12.9. The van der Waals surface area contributed by atoms with E-state index in [9.17, 15) is 5.11 Å². The first kappa shape index (κ1) is 41.1. The molecule has 274 valence electrons. The number of nitrogens with two attached hydrogens (primary N) is 1. The van der Waals surface area contributed by atoms with Gasteiger partial charge in [-0.2, -0.15) is 0 Å². The van der Waals surface area contributed by atoms with Crippen LogP contribution in [0.2, 0.25) is 0 Å². The fraction of sp³-hybridized carbons (Fsp3) is 0.902. The minimum absolute atomic E-state index is 0.186. The molecule has 1 fully saturated rings. The van der Waals surface area contributed by atoms with Gasteiger partial charge in [-0.05, 0) is 32.1 Å². The molecule has 1 saturated heterocycles. The van der Waals surface area contributed by atoms with Crippen LogP contribution >= 0.6 is 0 Å². The van der Waals surface area contributed by atoms with Gasteiger partial charge in [0.1, 0.15) is 0 Å². The molecule has 0 aromatic carbocycles. The molecule has 0 amide bonds. The summed E-state index contributed by atoms with van der Waals surface area (Å²) in [6.07, 6.45) is 19.3. The number of ether oxygens (including phenoxy) is 1. The molecule has 3 N–H and O–H groups in total. The van der Waals surface area contributed by atoms with Crippen LogP contribution in [0, 0.1) is 47.3 Å². The Balaban J connectivity index is 1.71. The Labute approximate surface area is 301 Å². The van der Waals surface area contributed by atoms with Crippen LogP contribution in [-0.2, 0) is 4.74 Å². The van der Waals surface area contributed by atoms with E-state index >= 15 is 0 Å². The first-order valence-electron chi connectivity index (χ1n) is 19.7. The Morgan fingerprint density at radius 2 is 1.72 bits per heavy atom. The first-order chi connectivity index (χ1) is 22.3. The molecule has 0 aromatic rings. The number of methoxy groups -OCH3 is 1. The van der Waals surface area contributed by atoms with E-state index in [1.165, 1.54) is 60.8 Å². The van der Waals surface area contributed by atoms with Gasteiger partial charge in [-0.15, -0.1) is 0 Å². The van der Waals surface area contributed by atoms with E-state index < -0.39 is 6.29 Å². The van der Waals surface area contributed by atoms with Gasteiger partial charge >= 0.3 is 239 Å². The zero-order chi connectivity index (χ0) is 34.7. The quantitative estimate of drug-likeness (QED) is 0.0682. The van der Waals surface area contributed by atoms with Crippen LogP contribution < -0.4 is 26.9 Å². The van der Waals surface area contributed by atoms with Crippen molar-refractivity contribution in [1.29, 1.82) is 0 Å². The minimum Gasteiger partial charge on any atom is -0.0879 e. The fourth-order valence-electron chi connectivity index (χ4n) is 8.94. The average molecular weight is 769 g/mol. The molecule has 3 rings (SSSR count). The molecule has 7 unspecified atom stereocenters. The van der Waals surface area contributed by atoms with E-state index in [4.69, 9.17) is 20.5 Å². The van der Waals surface area contributed by atoms with Gasteiger partial charge in [0.2, 0.25) is 0 Å². The normalized spacial score (nSPS) is 29.8. The molecule has 0 radical (unpaired) electrons. The molecule has 0 aromatic heterocycles. The summed E-state index contributed by atoms with van der Waals surface area (Å²) in [6, 6.07) is 0.546. The Bertz CT molecular complexity index is 1000. The average Bonchev–Trinajstić information content (AvgIpc) is 3.06. The predicted molar refractivity (Wildman–Crippen MR) is 199 cm³/mol. The van der Waals surface area contributed by atoms with Crippen molar-refractivity contribution in [3.8, 4) is 0 Å². The van der Waals surface area contributed by atoms with Crippen LogP contribution in [0.15, 0.2) is 22.1 Å². The number of aliphatic imine (C=N–C) groups is 2. The van der Waals surface area contributed by atoms with Crippen molar-refractivity contribution < 1.29 is 31.0 Å². The molecule has 2 aliphatic heterocycles. The topological polar surface area (TPSA) is 80.2 Å². The van der Waals surface area contributed by atoms with Crippen LogP contribution in [0.4, 0.5) is 0 Å². The van der Waals surface area contributed by atoms with Gasteiger partial charge in [0, 0.05) is 5.92 Å². The molecule has 47 heavy (non-hydrogen) atoms. The number of halogens is 1. The van der Waals surface area contributed by atoms with Gasteiger partial charge in [-0.25, -0.2) is 0 Å². The van der Waals surface area contributed by atoms with Gasteiger partial charge < -0.3 is 0 Å². The number of aliphatic hydroxyl groups excluding tert-OH is 1. The van der Waals surface area contributed by atoms with Gasteiger partial charge in [0.25, 0.3) is 0 Å². The third-order valence-corrected chi connectivity index (χ3v) is 16.9. The molecule has 2 heterocycles. The zero-order valence-electron chi connectivity index (χ0n) is 32.2. The van der Waals surface area contributed by atoms with Crippen molar-refractivity contribution in [3.05, 3.63) is 12.2 Å². The van der Waals surface area contributed by atoms with Crippen LogP contribution in [-0.4, -0.2) is 55.9 Å². The van der Waals surface area contributed by atoms with Crippen molar-refractivity contribution in [2.24, 2.45) is 63.1 Å². The number of allylic oxidation sites excluding steroid dienone is 2. The predicted octanol–water partition coefficient (Wildman–Crippen LogP) is 6.50. The Hall–Kier alpha value is -0.310. The summed E-state index contributed by atoms with van der Waals surface area (Å²) in [5.74, 6) is 4.41. The number of hydrogen-bond donors (Lipinski definition) is 2. The minimum atomic E-state index is -0.662. The van der Waals surface area contributed by atoms with E-state index in [-0.39, 0.29) is 38.8 Å². The summed E-state index contributed by atoms with van der Waals surface area (Å²) in [5.41, 5.74) is 9.91. The molecule has 0 spiro atoms. The van der Waals surface area contributed by atoms with Crippen LogP contribution in [0.3, 0.4) is 0 Å². The molecule has 5 nitrogen and oxygen atoms in total. The van der Waals surface area contributed by atoms with Gasteiger partial charge in [-0.3, -0.25) is 0 Å². The van der Waals surface area contributed by atoms with Crippen LogP contribution in [0.5, 0.6) is 0 Å². The van der Waals surface area contributed by atoms with Gasteiger partial charge in [-0.1, -0.05) is 26.0 Å². The summed E-state index contributed by atoms with van der Waals surface area (Å²) >= 11 is 0.186. The second-order valence-corrected chi connectivity index (χ2v) is 19.9. The number of aliphatic hydroxyl groups is 1. The first-order valence-corrected chi connectivity index (χ1v) is 22.5. The molecule has 3 aliphatic rings. The summed E-state index contributed by atoms with van der Waals surface area (Å²) in [7, 11) is 1.59. The van der Waals surface area contributed by atoms with Crippen molar-refractivity contribution in [2.45, 2.75) is 174 Å². The summed E-state index contributed by atoms with van der Waals surface area (Å²) in [5, 5.41) is 9.96. The molecule has 0 saturated carbocycles. The number of rotatable bonds is 19. The molecular weight excluding hydrogens is 693 g/mol. The number of hydrogen-bond acceptors (Lipinski definition) is 5. The van der Waals surface area contributed by atoms with E-state index in [0.717, 1.165) is 36.0 Å². The molecular formula is C41H75IN3O2-. The maximum absolute atomic E-state index is 9.96.